The van der Waals surface area contributed by atoms with Gasteiger partial charge >= 0.3 is 0 Å². The molecule has 26 heavy (non-hydrogen) atoms. The van der Waals surface area contributed by atoms with Crippen molar-refractivity contribution >= 4 is 11.9 Å². The number of aliphatic imine (C=N–C) groups is 1. The predicted octanol–water partition coefficient (Wildman–Crippen LogP) is 0.235. The largest absolute Gasteiger partial charge is 0.355 e. The molecule has 3 atom stereocenters. The van der Waals surface area contributed by atoms with Crippen molar-refractivity contribution in [2.45, 2.75) is 56.7 Å². The third kappa shape index (κ3) is 5.58. The molecule has 2 saturated carbocycles. The highest BCUT2D eigenvalue weighted by Gasteiger charge is 2.31. The summed E-state index contributed by atoms with van der Waals surface area (Å²) in [6.45, 7) is 4.20. The van der Waals surface area contributed by atoms with E-state index in [0.717, 1.165) is 70.7 Å². The van der Waals surface area contributed by atoms with E-state index in [9.17, 15) is 4.79 Å². The van der Waals surface area contributed by atoms with Crippen LogP contribution >= 0.6 is 0 Å². The number of likely N-dealkylation sites (N-methyl/N-ethyl adjacent to an activating group) is 2. The van der Waals surface area contributed by atoms with Gasteiger partial charge in [0.15, 0.2) is 5.96 Å². The highest BCUT2D eigenvalue weighted by Crippen LogP contribution is 2.26. The molecular formula is C19H36N6O. The van der Waals surface area contributed by atoms with E-state index < -0.39 is 0 Å². The van der Waals surface area contributed by atoms with Crippen LogP contribution in [0.15, 0.2) is 4.99 Å². The van der Waals surface area contributed by atoms with Crippen LogP contribution in [0, 0.1) is 5.92 Å². The number of amides is 1. The van der Waals surface area contributed by atoms with Crippen LogP contribution < -0.4 is 16.0 Å². The normalized spacial score (nSPS) is 31.5. The van der Waals surface area contributed by atoms with Gasteiger partial charge in [-0.2, -0.15) is 0 Å². The highest BCUT2D eigenvalue weighted by molar-refractivity contribution is 5.81. The maximum atomic E-state index is 12.4. The first-order chi connectivity index (χ1) is 12.5. The first-order valence-corrected chi connectivity index (χ1v) is 10.2. The zero-order valence-corrected chi connectivity index (χ0v) is 16.6. The number of hydrogen-bond acceptors (Lipinski definition) is 4. The quantitative estimate of drug-likeness (QED) is 0.481. The molecule has 0 aromatic heterocycles. The van der Waals surface area contributed by atoms with Crippen molar-refractivity contribution in [1.29, 1.82) is 0 Å². The van der Waals surface area contributed by atoms with Gasteiger partial charge in [0.2, 0.25) is 5.91 Å². The van der Waals surface area contributed by atoms with Crippen LogP contribution in [0.5, 0.6) is 0 Å². The lowest BCUT2D eigenvalue weighted by molar-refractivity contribution is -0.126. The van der Waals surface area contributed by atoms with Crippen molar-refractivity contribution in [2.24, 2.45) is 10.9 Å². The number of carbonyl (C=O) groups excluding carboxylic acids is 1. The summed E-state index contributed by atoms with van der Waals surface area (Å²) in [7, 11) is 6.20. The fraction of sp³-hybridized carbons (Fsp3) is 0.895. The summed E-state index contributed by atoms with van der Waals surface area (Å²) in [6.07, 6.45) is 6.45. The van der Waals surface area contributed by atoms with Crippen LogP contribution in [0.3, 0.4) is 0 Å². The van der Waals surface area contributed by atoms with Crippen LogP contribution in [0.1, 0.15) is 38.5 Å². The van der Waals surface area contributed by atoms with Gasteiger partial charge < -0.3 is 20.9 Å². The molecule has 2 aliphatic carbocycles. The summed E-state index contributed by atoms with van der Waals surface area (Å²) < 4.78 is 0. The van der Waals surface area contributed by atoms with Gasteiger partial charge in [-0.1, -0.05) is 6.42 Å². The number of rotatable bonds is 5. The summed E-state index contributed by atoms with van der Waals surface area (Å²) in [4.78, 5) is 21.6. The predicted molar refractivity (Wildman–Crippen MR) is 105 cm³/mol. The number of carbonyl (C=O) groups is 1. The molecule has 0 aromatic rings. The van der Waals surface area contributed by atoms with E-state index in [4.69, 9.17) is 0 Å². The smallest absolute Gasteiger partial charge is 0.223 e. The zero-order valence-electron chi connectivity index (χ0n) is 16.6. The van der Waals surface area contributed by atoms with E-state index in [1.54, 1.807) is 0 Å². The maximum absolute atomic E-state index is 12.4. The minimum atomic E-state index is 0.151. The molecule has 1 heterocycles. The van der Waals surface area contributed by atoms with E-state index in [2.05, 4.69) is 44.8 Å². The van der Waals surface area contributed by atoms with Crippen molar-refractivity contribution in [3.8, 4) is 0 Å². The number of guanidine groups is 1. The van der Waals surface area contributed by atoms with Gasteiger partial charge in [0.25, 0.3) is 0 Å². The maximum Gasteiger partial charge on any atom is 0.223 e. The van der Waals surface area contributed by atoms with Gasteiger partial charge in [0.05, 0.1) is 0 Å². The first-order valence-electron chi connectivity index (χ1n) is 10.2. The van der Waals surface area contributed by atoms with Crippen LogP contribution in [-0.4, -0.2) is 87.1 Å². The van der Waals surface area contributed by atoms with Gasteiger partial charge in [0, 0.05) is 57.3 Å². The Morgan fingerprint density at radius 2 is 1.88 bits per heavy atom. The Morgan fingerprint density at radius 3 is 2.62 bits per heavy atom. The molecule has 3 N–H and O–H groups in total. The lowest BCUT2D eigenvalue weighted by Crippen LogP contribution is -2.56. The second kappa shape index (κ2) is 9.04. The van der Waals surface area contributed by atoms with Crippen molar-refractivity contribution in [1.82, 2.24) is 25.8 Å². The van der Waals surface area contributed by atoms with Gasteiger partial charge in [-0.25, -0.2) is 0 Å². The van der Waals surface area contributed by atoms with Crippen LogP contribution in [0.25, 0.3) is 0 Å². The molecule has 148 valence electrons. The molecular weight excluding hydrogens is 328 g/mol. The lowest BCUT2D eigenvalue weighted by Gasteiger charge is -2.38. The fourth-order valence-electron chi connectivity index (χ4n) is 4.03. The number of nitrogens with one attached hydrogen (secondary N) is 3. The zero-order chi connectivity index (χ0) is 18.5. The number of nitrogens with zero attached hydrogens (tertiary/aromatic N) is 3. The highest BCUT2D eigenvalue weighted by atomic mass is 16.2. The molecule has 7 nitrogen and oxygen atoms in total. The van der Waals surface area contributed by atoms with E-state index in [0.29, 0.717) is 18.1 Å². The van der Waals surface area contributed by atoms with Gasteiger partial charge in [-0.05, 0) is 46.2 Å². The molecule has 1 aliphatic heterocycles. The van der Waals surface area contributed by atoms with Gasteiger partial charge in [-0.15, -0.1) is 0 Å². The Morgan fingerprint density at radius 1 is 1.08 bits per heavy atom. The Bertz CT molecular complexity index is 506. The Hall–Kier alpha value is -1.34. The van der Waals surface area contributed by atoms with Crippen LogP contribution in [0.2, 0.25) is 0 Å². The third-order valence-corrected chi connectivity index (χ3v) is 6.02. The van der Waals surface area contributed by atoms with E-state index in [1.807, 2.05) is 7.05 Å². The number of piperazine rings is 1. The van der Waals surface area contributed by atoms with E-state index in [-0.39, 0.29) is 11.8 Å². The molecule has 1 saturated heterocycles. The second-order valence-electron chi connectivity index (χ2n) is 8.34. The molecule has 0 radical (unpaired) electrons. The molecule has 3 unspecified atom stereocenters. The lowest BCUT2D eigenvalue weighted by atomic mass is 9.85. The summed E-state index contributed by atoms with van der Waals surface area (Å²) in [6, 6.07) is 1.28. The van der Waals surface area contributed by atoms with E-state index >= 15 is 0 Å². The molecule has 0 aromatic carbocycles. The Kier molecular flexibility index (Phi) is 6.75. The number of hydrogen-bond donors (Lipinski definition) is 3. The molecule has 3 aliphatic rings. The SMILES string of the molecule is CN=C(NCC1CN(C)CCN1C)NC1CCCC(C(=O)NC2CC2)C1. The standard InChI is InChI=1S/C19H36N6O/c1-20-19(21-12-17-13-24(2)9-10-25(17)3)23-16-6-4-5-14(11-16)18(26)22-15-7-8-15/h14-17H,4-13H2,1-3H3,(H,22,26)(H2,20,21,23). The second-order valence-corrected chi connectivity index (χ2v) is 8.34. The summed E-state index contributed by atoms with van der Waals surface area (Å²) in [5, 5.41) is 10.2. The Labute approximate surface area is 158 Å². The molecule has 7 heteroatoms. The summed E-state index contributed by atoms with van der Waals surface area (Å²) in [5.74, 6) is 1.27. The monoisotopic (exact) mass is 364 g/mol. The third-order valence-electron chi connectivity index (χ3n) is 6.02. The minimum Gasteiger partial charge on any atom is -0.355 e. The average Bonchev–Trinajstić information content (AvgIpc) is 3.45. The topological polar surface area (TPSA) is 72.0 Å². The fourth-order valence-corrected chi connectivity index (χ4v) is 4.03. The van der Waals surface area contributed by atoms with Crippen LogP contribution in [0.4, 0.5) is 0 Å². The summed E-state index contributed by atoms with van der Waals surface area (Å²) in [5.41, 5.74) is 0. The van der Waals surface area contributed by atoms with Crippen molar-refractivity contribution < 1.29 is 4.79 Å². The molecule has 3 rings (SSSR count). The van der Waals surface area contributed by atoms with Gasteiger partial charge in [-0.3, -0.25) is 14.7 Å². The van der Waals surface area contributed by atoms with Gasteiger partial charge in [0.1, 0.15) is 0 Å². The Balaban J connectivity index is 1.44. The molecule has 0 bridgehead atoms. The first kappa shape index (κ1) is 19.4. The van der Waals surface area contributed by atoms with E-state index in [1.165, 1.54) is 0 Å². The van der Waals surface area contributed by atoms with Crippen molar-refractivity contribution in [3.63, 3.8) is 0 Å². The summed E-state index contributed by atoms with van der Waals surface area (Å²) >= 11 is 0. The molecule has 0 spiro atoms. The molecule has 3 fully saturated rings. The average molecular weight is 365 g/mol. The van der Waals surface area contributed by atoms with Crippen molar-refractivity contribution in [3.05, 3.63) is 0 Å². The minimum absolute atomic E-state index is 0.151. The molecule has 1 amide bonds. The van der Waals surface area contributed by atoms with Crippen molar-refractivity contribution in [2.75, 3.05) is 47.3 Å². The van der Waals surface area contributed by atoms with Crippen LogP contribution in [-0.2, 0) is 4.79 Å².